The van der Waals surface area contributed by atoms with Gasteiger partial charge in [0, 0.05) is 45.0 Å². The SMILES string of the molecule is Cn1ccnc1C(Nc1ncccn1)C1CCOCC1. The Balaban J connectivity index is 1.85. The Morgan fingerprint density at radius 1 is 1.20 bits per heavy atom. The van der Waals surface area contributed by atoms with Gasteiger partial charge in [0.15, 0.2) is 0 Å². The smallest absolute Gasteiger partial charge is 0.223 e. The summed E-state index contributed by atoms with van der Waals surface area (Å²) in [5.41, 5.74) is 0. The number of hydrogen-bond donors (Lipinski definition) is 1. The molecule has 2 aromatic rings. The topological polar surface area (TPSA) is 64.9 Å². The molecule has 0 spiro atoms. The van der Waals surface area contributed by atoms with Gasteiger partial charge in [0.25, 0.3) is 0 Å². The van der Waals surface area contributed by atoms with E-state index in [0.29, 0.717) is 11.9 Å². The molecular formula is C14H19N5O. The van der Waals surface area contributed by atoms with Gasteiger partial charge in [-0.1, -0.05) is 0 Å². The van der Waals surface area contributed by atoms with Crippen LogP contribution in [0.4, 0.5) is 5.95 Å². The summed E-state index contributed by atoms with van der Waals surface area (Å²) in [5.74, 6) is 2.14. The van der Waals surface area contributed by atoms with Crippen LogP contribution in [0.15, 0.2) is 30.9 Å². The molecule has 0 bridgehead atoms. The van der Waals surface area contributed by atoms with Gasteiger partial charge in [-0.3, -0.25) is 0 Å². The maximum absolute atomic E-state index is 5.46. The first-order chi connectivity index (χ1) is 9.84. The van der Waals surface area contributed by atoms with E-state index >= 15 is 0 Å². The van der Waals surface area contributed by atoms with E-state index < -0.39 is 0 Å². The van der Waals surface area contributed by atoms with Gasteiger partial charge in [-0.05, 0) is 24.8 Å². The zero-order chi connectivity index (χ0) is 13.8. The van der Waals surface area contributed by atoms with Crippen molar-refractivity contribution in [1.82, 2.24) is 19.5 Å². The molecule has 106 valence electrons. The van der Waals surface area contributed by atoms with E-state index in [9.17, 15) is 0 Å². The van der Waals surface area contributed by atoms with Gasteiger partial charge in [0.05, 0.1) is 6.04 Å². The van der Waals surface area contributed by atoms with Crippen LogP contribution in [-0.4, -0.2) is 32.7 Å². The number of imidazole rings is 1. The monoisotopic (exact) mass is 273 g/mol. The first-order valence-corrected chi connectivity index (χ1v) is 6.93. The fraction of sp³-hybridized carbons (Fsp3) is 0.500. The molecule has 0 amide bonds. The van der Waals surface area contributed by atoms with Crippen LogP contribution in [0.25, 0.3) is 0 Å². The van der Waals surface area contributed by atoms with Crippen LogP contribution >= 0.6 is 0 Å². The molecule has 6 heteroatoms. The molecule has 1 N–H and O–H groups in total. The molecule has 1 atom stereocenters. The summed E-state index contributed by atoms with van der Waals surface area (Å²) in [6, 6.07) is 1.93. The van der Waals surface area contributed by atoms with E-state index in [1.165, 1.54) is 0 Å². The van der Waals surface area contributed by atoms with Gasteiger partial charge in [-0.2, -0.15) is 0 Å². The Labute approximate surface area is 118 Å². The molecule has 1 aliphatic heterocycles. The van der Waals surface area contributed by atoms with E-state index in [4.69, 9.17) is 4.74 Å². The van der Waals surface area contributed by atoms with Gasteiger partial charge in [-0.15, -0.1) is 0 Å². The molecule has 0 saturated carbocycles. The van der Waals surface area contributed by atoms with Crippen molar-refractivity contribution in [2.45, 2.75) is 18.9 Å². The lowest BCUT2D eigenvalue weighted by molar-refractivity contribution is 0.0593. The summed E-state index contributed by atoms with van der Waals surface area (Å²) in [6.07, 6.45) is 9.34. The van der Waals surface area contributed by atoms with Crippen molar-refractivity contribution < 1.29 is 4.74 Å². The molecule has 6 nitrogen and oxygen atoms in total. The molecule has 1 saturated heterocycles. The lowest BCUT2D eigenvalue weighted by atomic mass is 9.91. The van der Waals surface area contributed by atoms with Gasteiger partial charge >= 0.3 is 0 Å². The van der Waals surface area contributed by atoms with Crippen molar-refractivity contribution in [3.8, 4) is 0 Å². The molecule has 2 aromatic heterocycles. The van der Waals surface area contributed by atoms with Gasteiger partial charge < -0.3 is 14.6 Å². The number of aromatic nitrogens is 4. The van der Waals surface area contributed by atoms with Crippen molar-refractivity contribution >= 4 is 5.95 Å². The van der Waals surface area contributed by atoms with Crippen molar-refractivity contribution in [3.63, 3.8) is 0 Å². The lowest BCUT2D eigenvalue weighted by Crippen LogP contribution is -2.29. The van der Waals surface area contributed by atoms with E-state index in [-0.39, 0.29) is 6.04 Å². The summed E-state index contributed by atoms with van der Waals surface area (Å²) < 4.78 is 7.51. The summed E-state index contributed by atoms with van der Waals surface area (Å²) in [5, 5.41) is 3.43. The molecule has 0 aromatic carbocycles. The van der Waals surface area contributed by atoms with Crippen LogP contribution in [0.3, 0.4) is 0 Å². The van der Waals surface area contributed by atoms with Crippen LogP contribution in [0.2, 0.25) is 0 Å². The number of anilines is 1. The number of hydrogen-bond acceptors (Lipinski definition) is 5. The highest BCUT2D eigenvalue weighted by atomic mass is 16.5. The first-order valence-electron chi connectivity index (χ1n) is 6.93. The van der Waals surface area contributed by atoms with Gasteiger partial charge in [0.2, 0.25) is 5.95 Å². The van der Waals surface area contributed by atoms with Gasteiger partial charge in [-0.25, -0.2) is 15.0 Å². The summed E-state index contributed by atoms with van der Waals surface area (Å²) in [7, 11) is 2.02. The maximum atomic E-state index is 5.46. The molecule has 20 heavy (non-hydrogen) atoms. The minimum absolute atomic E-state index is 0.112. The van der Waals surface area contributed by atoms with Crippen LogP contribution < -0.4 is 5.32 Å². The second kappa shape index (κ2) is 6.00. The number of ether oxygens (including phenoxy) is 1. The maximum Gasteiger partial charge on any atom is 0.223 e. The standard InChI is InChI=1S/C14H19N5O/c1-19-8-7-15-13(19)12(11-3-9-20-10-4-11)18-14-16-5-2-6-17-14/h2,5-8,11-12H,3-4,9-10H2,1H3,(H,16,17,18). The zero-order valence-electron chi connectivity index (χ0n) is 11.6. The largest absolute Gasteiger partial charge is 0.381 e. The minimum atomic E-state index is 0.112. The molecule has 0 aliphatic carbocycles. The fourth-order valence-electron chi connectivity index (χ4n) is 2.63. The highest BCUT2D eigenvalue weighted by Crippen LogP contribution is 2.31. The van der Waals surface area contributed by atoms with Crippen molar-refractivity contribution in [2.24, 2.45) is 13.0 Å². The molecule has 3 heterocycles. The molecular weight excluding hydrogens is 254 g/mol. The van der Waals surface area contributed by atoms with Gasteiger partial charge in [0.1, 0.15) is 5.82 Å². The Kier molecular flexibility index (Phi) is 3.92. The third-order valence-electron chi connectivity index (χ3n) is 3.72. The summed E-state index contributed by atoms with van der Waals surface area (Å²) >= 11 is 0. The van der Waals surface area contributed by atoms with Crippen LogP contribution in [0.1, 0.15) is 24.7 Å². The zero-order valence-corrected chi connectivity index (χ0v) is 11.6. The van der Waals surface area contributed by atoms with E-state index in [0.717, 1.165) is 31.9 Å². The average molecular weight is 273 g/mol. The normalized spacial score (nSPS) is 17.9. The first kappa shape index (κ1) is 13.1. The predicted octanol–water partition coefficient (Wildman–Crippen LogP) is 1.79. The van der Waals surface area contributed by atoms with E-state index in [1.54, 1.807) is 12.4 Å². The molecule has 1 aliphatic rings. The number of nitrogens with one attached hydrogen (secondary N) is 1. The van der Waals surface area contributed by atoms with Crippen molar-refractivity contribution in [1.29, 1.82) is 0 Å². The summed E-state index contributed by atoms with van der Waals surface area (Å²) in [4.78, 5) is 13.0. The molecule has 1 unspecified atom stereocenters. The Morgan fingerprint density at radius 2 is 1.95 bits per heavy atom. The highest BCUT2D eigenvalue weighted by Gasteiger charge is 2.28. The van der Waals surface area contributed by atoms with Crippen LogP contribution in [0.5, 0.6) is 0 Å². The van der Waals surface area contributed by atoms with Crippen LogP contribution in [-0.2, 0) is 11.8 Å². The number of nitrogens with zero attached hydrogens (tertiary/aromatic N) is 4. The Morgan fingerprint density at radius 3 is 2.60 bits per heavy atom. The Hall–Kier alpha value is -1.95. The second-order valence-electron chi connectivity index (χ2n) is 5.04. The molecule has 1 fully saturated rings. The number of rotatable bonds is 4. The fourth-order valence-corrected chi connectivity index (χ4v) is 2.63. The Bertz CT molecular complexity index is 536. The lowest BCUT2D eigenvalue weighted by Gasteiger charge is -2.30. The van der Waals surface area contributed by atoms with Crippen molar-refractivity contribution in [2.75, 3.05) is 18.5 Å². The second-order valence-corrected chi connectivity index (χ2v) is 5.04. The quantitative estimate of drug-likeness (QED) is 0.920. The highest BCUT2D eigenvalue weighted by molar-refractivity contribution is 5.27. The van der Waals surface area contributed by atoms with Crippen LogP contribution in [0, 0.1) is 5.92 Å². The van der Waals surface area contributed by atoms with Crippen molar-refractivity contribution in [3.05, 3.63) is 36.7 Å². The summed E-state index contributed by atoms with van der Waals surface area (Å²) in [6.45, 7) is 1.62. The third-order valence-corrected chi connectivity index (χ3v) is 3.72. The molecule has 0 radical (unpaired) electrons. The third kappa shape index (κ3) is 2.80. The minimum Gasteiger partial charge on any atom is -0.381 e. The average Bonchev–Trinajstić information content (AvgIpc) is 2.93. The predicted molar refractivity (Wildman–Crippen MR) is 75.1 cm³/mol. The van der Waals surface area contributed by atoms with E-state index in [2.05, 4.69) is 24.8 Å². The number of aryl methyl sites for hydroxylation is 1. The van der Waals surface area contributed by atoms with E-state index in [1.807, 2.05) is 25.5 Å². The molecule has 3 rings (SSSR count).